The highest BCUT2D eigenvalue weighted by atomic mass is 16.5. The van der Waals surface area contributed by atoms with Gasteiger partial charge in [-0.15, -0.1) is 0 Å². The highest BCUT2D eigenvalue weighted by molar-refractivity contribution is 4.92. The van der Waals surface area contributed by atoms with Crippen molar-refractivity contribution in [1.82, 2.24) is 10.2 Å². The maximum absolute atomic E-state index is 5.61. The molecule has 0 saturated carbocycles. The Bertz CT molecular complexity index is 238. The fourth-order valence-corrected chi connectivity index (χ4v) is 3.11. The summed E-state index contributed by atoms with van der Waals surface area (Å²) in [4.78, 5) is 2.68. The van der Waals surface area contributed by atoms with Gasteiger partial charge in [-0.25, -0.2) is 0 Å². The van der Waals surface area contributed by atoms with E-state index in [-0.39, 0.29) is 0 Å². The molecule has 0 amide bonds. The Labute approximate surface area is 106 Å². The summed E-state index contributed by atoms with van der Waals surface area (Å²) >= 11 is 0. The molecule has 2 rings (SSSR count). The Balaban J connectivity index is 1.97. The van der Waals surface area contributed by atoms with Gasteiger partial charge in [0.1, 0.15) is 0 Å². The molecule has 17 heavy (non-hydrogen) atoms. The molecule has 1 N–H and O–H groups in total. The molecule has 100 valence electrons. The Morgan fingerprint density at radius 3 is 2.76 bits per heavy atom. The second-order valence-electron chi connectivity index (χ2n) is 6.04. The smallest absolute Gasteiger partial charge is 0.0648 e. The third-order valence-corrected chi connectivity index (χ3v) is 4.55. The van der Waals surface area contributed by atoms with Crippen molar-refractivity contribution in [3.63, 3.8) is 0 Å². The minimum atomic E-state index is 0.301. The second kappa shape index (κ2) is 5.68. The van der Waals surface area contributed by atoms with Crippen molar-refractivity contribution in [3.8, 4) is 0 Å². The first kappa shape index (κ1) is 13.3. The Morgan fingerprint density at radius 1 is 1.35 bits per heavy atom. The summed E-state index contributed by atoms with van der Waals surface area (Å²) in [6, 6.07) is 1.34. The Hall–Kier alpha value is -0.120. The van der Waals surface area contributed by atoms with E-state index in [1.54, 1.807) is 0 Å². The first-order valence-corrected chi connectivity index (χ1v) is 7.23. The van der Waals surface area contributed by atoms with Crippen LogP contribution in [0.2, 0.25) is 0 Å². The van der Waals surface area contributed by atoms with Crippen LogP contribution in [0, 0.1) is 0 Å². The molecule has 2 fully saturated rings. The van der Waals surface area contributed by atoms with Gasteiger partial charge in [0.05, 0.1) is 6.61 Å². The quantitative estimate of drug-likeness (QED) is 0.799. The molecule has 0 aromatic rings. The van der Waals surface area contributed by atoms with Crippen LogP contribution >= 0.6 is 0 Å². The van der Waals surface area contributed by atoms with Gasteiger partial charge in [-0.2, -0.15) is 0 Å². The average molecular weight is 240 g/mol. The molecule has 2 heterocycles. The molecule has 2 saturated heterocycles. The number of ether oxygens (including phenoxy) is 1. The van der Waals surface area contributed by atoms with Gasteiger partial charge in [0.15, 0.2) is 0 Å². The van der Waals surface area contributed by atoms with E-state index in [0.29, 0.717) is 17.6 Å². The lowest BCUT2D eigenvalue weighted by Gasteiger charge is -2.41. The molecule has 3 atom stereocenters. The Morgan fingerprint density at radius 2 is 2.12 bits per heavy atom. The van der Waals surface area contributed by atoms with Crippen LogP contribution in [0.5, 0.6) is 0 Å². The fraction of sp³-hybridized carbons (Fsp3) is 1.00. The van der Waals surface area contributed by atoms with Gasteiger partial charge in [-0.05, 0) is 39.5 Å². The van der Waals surface area contributed by atoms with E-state index in [4.69, 9.17) is 4.74 Å². The fourth-order valence-electron chi connectivity index (χ4n) is 3.11. The lowest BCUT2D eigenvalue weighted by molar-refractivity contribution is 0.0649. The molecule has 0 radical (unpaired) electrons. The SMILES string of the molecule is CCC1CCN(C2(C)CCOC2)CCC(C)N1. The van der Waals surface area contributed by atoms with E-state index < -0.39 is 0 Å². The normalized spacial score (nSPS) is 41.1. The molecule has 3 nitrogen and oxygen atoms in total. The first-order valence-electron chi connectivity index (χ1n) is 7.23. The summed E-state index contributed by atoms with van der Waals surface area (Å²) in [5.74, 6) is 0. The lowest BCUT2D eigenvalue weighted by Crippen LogP contribution is -2.52. The third kappa shape index (κ3) is 3.21. The molecule has 0 aliphatic carbocycles. The van der Waals surface area contributed by atoms with Crippen molar-refractivity contribution in [3.05, 3.63) is 0 Å². The maximum Gasteiger partial charge on any atom is 0.0648 e. The van der Waals surface area contributed by atoms with Crippen molar-refractivity contribution in [1.29, 1.82) is 0 Å². The van der Waals surface area contributed by atoms with Crippen LogP contribution in [-0.2, 0) is 4.74 Å². The number of rotatable bonds is 2. The van der Waals surface area contributed by atoms with Crippen LogP contribution in [0.3, 0.4) is 0 Å². The van der Waals surface area contributed by atoms with Crippen LogP contribution in [0.1, 0.15) is 46.5 Å². The molecule has 3 heteroatoms. The number of nitrogens with one attached hydrogen (secondary N) is 1. The predicted molar refractivity (Wildman–Crippen MR) is 71.3 cm³/mol. The number of nitrogens with zero attached hydrogens (tertiary/aromatic N) is 1. The molecular formula is C14H28N2O. The molecular weight excluding hydrogens is 212 g/mol. The standard InChI is InChI=1S/C14H28N2O/c1-4-13-6-9-16(8-5-12(2)15-13)14(3)7-10-17-11-14/h12-13,15H,4-11H2,1-3H3. The summed E-state index contributed by atoms with van der Waals surface area (Å²) in [6.45, 7) is 11.3. The molecule has 0 aromatic carbocycles. The van der Waals surface area contributed by atoms with Crippen molar-refractivity contribution < 1.29 is 4.74 Å². The molecule has 3 unspecified atom stereocenters. The van der Waals surface area contributed by atoms with E-state index in [9.17, 15) is 0 Å². The van der Waals surface area contributed by atoms with Crippen molar-refractivity contribution >= 4 is 0 Å². The maximum atomic E-state index is 5.61. The van der Waals surface area contributed by atoms with E-state index in [1.165, 1.54) is 38.8 Å². The zero-order chi connectivity index (χ0) is 12.3. The zero-order valence-electron chi connectivity index (χ0n) is 11.7. The van der Waals surface area contributed by atoms with Crippen molar-refractivity contribution in [2.75, 3.05) is 26.3 Å². The van der Waals surface area contributed by atoms with Gasteiger partial charge in [-0.1, -0.05) is 6.92 Å². The first-order chi connectivity index (χ1) is 8.14. The molecule has 2 aliphatic heterocycles. The van der Waals surface area contributed by atoms with Gasteiger partial charge in [-0.3, -0.25) is 4.90 Å². The van der Waals surface area contributed by atoms with Gasteiger partial charge in [0, 0.05) is 37.3 Å². The van der Waals surface area contributed by atoms with Crippen LogP contribution in [0.4, 0.5) is 0 Å². The van der Waals surface area contributed by atoms with Gasteiger partial charge in [0.25, 0.3) is 0 Å². The number of hydrogen-bond acceptors (Lipinski definition) is 3. The largest absolute Gasteiger partial charge is 0.379 e. The molecule has 0 aromatic heterocycles. The van der Waals surface area contributed by atoms with Crippen LogP contribution in [-0.4, -0.2) is 48.8 Å². The van der Waals surface area contributed by atoms with E-state index in [2.05, 4.69) is 31.0 Å². The third-order valence-electron chi connectivity index (χ3n) is 4.55. The monoisotopic (exact) mass is 240 g/mol. The van der Waals surface area contributed by atoms with Gasteiger partial charge in [0.2, 0.25) is 0 Å². The summed E-state index contributed by atoms with van der Waals surface area (Å²) < 4.78 is 5.61. The van der Waals surface area contributed by atoms with Gasteiger partial charge >= 0.3 is 0 Å². The van der Waals surface area contributed by atoms with E-state index >= 15 is 0 Å². The molecule has 0 spiro atoms. The lowest BCUT2D eigenvalue weighted by atomic mass is 9.95. The summed E-state index contributed by atoms with van der Waals surface area (Å²) in [5.41, 5.74) is 0.301. The van der Waals surface area contributed by atoms with Crippen LogP contribution in [0.15, 0.2) is 0 Å². The van der Waals surface area contributed by atoms with Crippen LogP contribution < -0.4 is 5.32 Å². The predicted octanol–water partition coefficient (Wildman–Crippen LogP) is 2.02. The van der Waals surface area contributed by atoms with E-state index in [0.717, 1.165) is 13.2 Å². The van der Waals surface area contributed by atoms with Crippen molar-refractivity contribution in [2.24, 2.45) is 0 Å². The summed E-state index contributed by atoms with van der Waals surface area (Å²) in [7, 11) is 0. The molecule has 2 aliphatic rings. The Kier molecular flexibility index (Phi) is 4.45. The highest BCUT2D eigenvalue weighted by Gasteiger charge is 2.36. The zero-order valence-corrected chi connectivity index (χ0v) is 11.7. The topological polar surface area (TPSA) is 24.5 Å². The van der Waals surface area contributed by atoms with E-state index in [1.807, 2.05) is 0 Å². The number of hydrogen-bond donors (Lipinski definition) is 1. The second-order valence-corrected chi connectivity index (χ2v) is 6.04. The minimum Gasteiger partial charge on any atom is -0.379 e. The summed E-state index contributed by atoms with van der Waals surface area (Å²) in [6.07, 6.45) is 4.97. The van der Waals surface area contributed by atoms with Crippen molar-refractivity contribution in [2.45, 2.75) is 64.1 Å². The molecule has 0 bridgehead atoms. The average Bonchev–Trinajstić information content (AvgIpc) is 2.71. The summed E-state index contributed by atoms with van der Waals surface area (Å²) in [5, 5.41) is 3.73. The van der Waals surface area contributed by atoms with Crippen LogP contribution in [0.25, 0.3) is 0 Å². The highest BCUT2D eigenvalue weighted by Crippen LogP contribution is 2.27. The minimum absolute atomic E-state index is 0.301. The van der Waals surface area contributed by atoms with Gasteiger partial charge < -0.3 is 10.1 Å².